The number of carbonyl (C=O) groups excluding carboxylic acids is 1. The van der Waals surface area contributed by atoms with E-state index in [4.69, 9.17) is 4.74 Å². The quantitative estimate of drug-likeness (QED) is 0.917. The standard InChI is InChI=1S/C17H19N3O2S/c1-11-8-20-9-12(6-7-16(20)18-11)19-17(21)14-10-23-15-5-3-2-4-13(15)22-14/h2-5,8,12,14H,6-7,9-10H2,1H3,(H,19,21)/t12-,14-/m0/s1. The van der Waals surface area contributed by atoms with Crippen LogP contribution in [0.5, 0.6) is 5.75 Å². The molecule has 2 atom stereocenters. The Hall–Kier alpha value is -1.95. The molecule has 2 aliphatic rings. The van der Waals surface area contributed by atoms with E-state index < -0.39 is 6.10 Å². The zero-order valence-corrected chi connectivity index (χ0v) is 13.8. The van der Waals surface area contributed by atoms with Crippen molar-refractivity contribution in [3.63, 3.8) is 0 Å². The van der Waals surface area contributed by atoms with Crippen LogP contribution in [-0.2, 0) is 17.8 Å². The number of imidazole rings is 1. The van der Waals surface area contributed by atoms with Crippen LogP contribution in [0.1, 0.15) is 17.9 Å². The van der Waals surface area contributed by atoms with Gasteiger partial charge in [-0.05, 0) is 25.5 Å². The third-order valence-corrected chi connectivity index (χ3v) is 5.38. The third-order valence-electron chi connectivity index (χ3n) is 4.26. The molecular formula is C17H19N3O2S. The molecule has 0 unspecified atom stereocenters. The minimum absolute atomic E-state index is 0.0164. The summed E-state index contributed by atoms with van der Waals surface area (Å²) >= 11 is 1.68. The molecular weight excluding hydrogens is 310 g/mol. The highest BCUT2D eigenvalue weighted by molar-refractivity contribution is 7.99. The number of benzene rings is 1. The van der Waals surface area contributed by atoms with E-state index in [9.17, 15) is 4.79 Å². The molecule has 2 aromatic rings. The van der Waals surface area contributed by atoms with Crippen molar-refractivity contribution >= 4 is 17.7 Å². The molecule has 5 nitrogen and oxygen atoms in total. The summed E-state index contributed by atoms with van der Waals surface area (Å²) in [6.07, 6.45) is 3.47. The highest BCUT2D eigenvalue weighted by Gasteiger charge is 2.29. The highest BCUT2D eigenvalue weighted by Crippen LogP contribution is 2.35. The first-order valence-electron chi connectivity index (χ1n) is 7.90. The molecule has 0 saturated carbocycles. The zero-order valence-electron chi connectivity index (χ0n) is 13.0. The number of hydrogen-bond acceptors (Lipinski definition) is 4. The van der Waals surface area contributed by atoms with E-state index in [0.717, 1.165) is 41.5 Å². The van der Waals surface area contributed by atoms with Crippen LogP contribution >= 0.6 is 11.8 Å². The Kier molecular flexibility index (Phi) is 3.77. The van der Waals surface area contributed by atoms with Crippen molar-refractivity contribution in [3.8, 4) is 5.75 Å². The third kappa shape index (κ3) is 2.95. The topological polar surface area (TPSA) is 56.2 Å². The lowest BCUT2D eigenvalue weighted by atomic mass is 10.1. The van der Waals surface area contributed by atoms with Crippen molar-refractivity contribution in [2.75, 3.05) is 5.75 Å². The molecule has 1 aromatic heterocycles. The summed E-state index contributed by atoms with van der Waals surface area (Å²) < 4.78 is 8.01. The molecule has 0 fully saturated rings. The second kappa shape index (κ2) is 5.92. The molecule has 0 aliphatic carbocycles. The van der Waals surface area contributed by atoms with Gasteiger partial charge in [0.15, 0.2) is 6.10 Å². The van der Waals surface area contributed by atoms with Gasteiger partial charge in [-0.25, -0.2) is 4.98 Å². The largest absolute Gasteiger partial charge is 0.479 e. The number of carbonyl (C=O) groups is 1. The van der Waals surface area contributed by atoms with Gasteiger partial charge in [0.25, 0.3) is 5.91 Å². The summed E-state index contributed by atoms with van der Waals surface area (Å²) in [5, 5.41) is 3.14. The number of thioether (sulfide) groups is 1. The molecule has 1 N–H and O–H groups in total. The lowest BCUT2D eigenvalue weighted by Crippen LogP contribution is -2.48. The SMILES string of the molecule is Cc1cn2c(n1)CC[C@H](NC(=O)[C@@H]1CSc3ccccc3O1)C2. The average Bonchev–Trinajstić information content (AvgIpc) is 2.93. The van der Waals surface area contributed by atoms with Crippen LogP contribution in [0, 0.1) is 6.92 Å². The molecule has 0 radical (unpaired) electrons. The minimum Gasteiger partial charge on any atom is -0.479 e. The number of ether oxygens (including phenoxy) is 1. The smallest absolute Gasteiger partial charge is 0.262 e. The predicted octanol–water partition coefficient (Wildman–Crippen LogP) is 2.18. The van der Waals surface area contributed by atoms with E-state index in [-0.39, 0.29) is 11.9 Å². The zero-order chi connectivity index (χ0) is 15.8. The summed E-state index contributed by atoms with van der Waals surface area (Å²) in [5.41, 5.74) is 1.04. The van der Waals surface area contributed by atoms with E-state index in [0.29, 0.717) is 5.75 Å². The number of amides is 1. The highest BCUT2D eigenvalue weighted by atomic mass is 32.2. The van der Waals surface area contributed by atoms with Gasteiger partial charge in [0, 0.05) is 35.9 Å². The lowest BCUT2D eigenvalue weighted by molar-refractivity contribution is -0.128. The Morgan fingerprint density at radius 2 is 2.30 bits per heavy atom. The molecule has 0 spiro atoms. The molecule has 4 rings (SSSR count). The van der Waals surface area contributed by atoms with Crippen molar-refractivity contribution in [1.82, 2.24) is 14.9 Å². The first-order valence-corrected chi connectivity index (χ1v) is 8.89. The van der Waals surface area contributed by atoms with Crippen LogP contribution < -0.4 is 10.1 Å². The summed E-state index contributed by atoms with van der Waals surface area (Å²) in [7, 11) is 0. The van der Waals surface area contributed by atoms with Crippen LogP contribution in [0.2, 0.25) is 0 Å². The molecule has 0 saturated heterocycles. The number of para-hydroxylation sites is 1. The average molecular weight is 329 g/mol. The maximum atomic E-state index is 12.5. The lowest BCUT2D eigenvalue weighted by Gasteiger charge is -2.29. The number of aromatic nitrogens is 2. The van der Waals surface area contributed by atoms with Crippen LogP contribution in [0.25, 0.3) is 0 Å². The van der Waals surface area contributed by atoms with Gasteiger partial charge in [0.05, 0.1) is 5.69 Å². The molecule has 6 heteroatoms. The van der Waals surface area contributed by atoms with Crippen molar-refractivity contribution in [3.05, 3.63) is 42.0 Å². The van der Waals surface area contributed by atoms with Crippen molar-refractivity contribution in [1.29, 1.82) is 0 Å². The Balaban J connectivity index is 1.39. The van der Waals surface area contributed by atoms with E-state index in [2.05, 4.69) is 21.1 Å². The molecule has 2 aliphatic heterocycles. The second-order valence-corrected chi connectivity index (χ2v) is 7.12. The van der Waals surface area contributed by atoms with Crippen molar-refractivity contribution in [2.45, 2.75) is 43.4 Å². The van der Waals surface area contributed by atoms with Gasteiger partial charge in [-0.2, -0.15) is 0 Å². The van der Waals surface area contributed by atoms with Gasteiger partial charge in [-0.3, -0.25) is 4.79 Å². The Morgan fingerprint density at radius 1 is 1.43 bits per heavy atom. The maximum Gasteiger partial charge on any atom is 0.262 e. The number of aryl methyl sites for hydroxylation is 2. The predicted molar refractivity (Wildman–Crippen MR) is 88.8 cm³/mol. The first-order chi connectivity index (χ1) is 11.2. The molecule has 120 valence electrons. The molecule has 23 heavy (non-hydrogen) atoms. The van der Waals surface area contributed by atoms with Crippen LogP contribution in [0.4, 0.5) is 0 Å². The van der Waals surface area contributed by atoms with Gasteiger partial charge < -0.3 is 14.6 Å². The maximum absolute atomic E-state index is 12.5. The molecule has 1 amide bonds. The number of nitrogens with one attached hydrogen (secondary N) is 1. The second-order valence-electron chi connectivity index (χ2n) is 6.06. The van der Waals surface area contributed by atoms with Crippen molar-refractivity contribution in [2.24, 2.45) is 0 Å². The molecule has 1 aromatic carbocycles. The number of fused-ring (bicyclic) bond motifs is 2. The van der Waals surface area contributed by atoms with Gasteiger partial charge in [0.2, 0.25) is 0 Å². The van der Waals surface area contributed by atoms with E-state index in [1.54, 1.807) is 11.8 Å². The van der Waals surface area contributed by atoms with Gasteiger partial charge in [-0.1, -0.05) is 12.1 Å². The normalized spacial score (nSPS) is 22.7. The van der Waals surface area contributed by atoms with Gasteiger partial charge >= 0.3 is 0 Å². The molecule has 3 heterocycles. The summed E-state index contributed by atoms with van der Waals surface area (Å²) in [5.74, 6) is 2.56. The fourth-order valence-electron chi connectivity index (χ4n) is 3.15. The number of hydrogen-bond donors (Lipinski definition) is 1. The number of rotatable bonds is 2. The van der Waals surface area contributed by atoms with Gasteiger partial charge in [-0.15, -0.1) is 11.8 Å². The fourth-order valence-corrected chi connectivity index (χ4v) is 4.13. The number of nitrogens with zero attached hydrogens (tertiary/aromatic N) is 2. The van der Waals surface area contributed by atoms with E-state index in [1.807, 2.05) is 31.2 Å². The van der Waals surface area contributed by atoms with Crippen LogP contribution in [0.3, 0.4) is 0 Å². The minimum atomic E-state index is -0.416. The molecule has 0 bridgehead atoms. The van der Waals surface area contributed by atoms with E-state index in [1.165, 1.54) is 0 Å². The van der Waals surface area contributed by atoms with Crippen LogP contribution in [0.15, 0.2) is 35.4 Å². The summed E-state index contributed by atoms with van der Waals surface area (Å²) in [6.45, 7) is 2.79. The Bertz CT molecular complexity index is 743. The van der Waals surface area contributed by atoms with E-state index >= 15 is 0 Å². The summed E-state index contributed by atoms with van der Waals surface area (Å²) in [4.78, 5) is 18.1. The Morgan fingerprint density at radius 3 is 3.22 bits per heavy atom. The van der Waals surface area contributed by atoms with Crippen molar-refractivity contribution < 1.29 is 9.53 Å². The summed E-state index contributed by atoms with van der Waals surface area (Å²) in [6, 6.07) is 8.02. The Labute approximate surface area is 139 Å². The van der Waals surface area contributed by atoms with Crippen LogP contribution in [-0.4, -0.2) is 33.4 Å². The monoisotopic (exact) mass is 329 g/mol. The fraction of sp³-hybridized carbons (Fsp3) is 0.412. The first kappa shape index (κ1) is 14.6. The van der Waals surface area contributed by atoms with Gasteiger partial charge in [0.1, 0.15) is 11.6 Å².